The van der Waals surface area contributed by atoms with Crippen molar-refractivity contribution in [3.05, 3.63) is 71.3 Å². The smallest absolute Gasteiger partial charge is 0.220 e. The second kappa shape index (κ2) is 9.54. The molecule has 1 atom stereocenters. The van der Waals surface area contributed by atoms with Gasteiger partial charge in [-0.1, -0.05) is 67.9 Å². The van der Waals surface area contributed by atoms with Gasteiger partial charge in [0.25, 0.3) is 0 Å². The first kappa shape index (κ1) is 18.7. The molecule has 2 aromatic carbocycles. The Morgan fingerprint density at radius 1 is 0.962 bits per heavy atom. The molecule has 1 saturated heterocycles. The summed E-state index contributed by atoms with van der Waals surface area (Å²) >= 11 is 0. The van der Waals surface area contributed by atoms with Gasteiger partial charge < -0.3 is 5.32 Å². The first-order valence-electron chi connectivity index (χ1n) is 9.82. The summed E-state index contributed by atoms with van der Waals surface area (Å²) in [5.74, 6) is 0.349. The molecule has 0 aliphatic carbocycles. The van der Waals surface area contributed by atoms with E-state index in [2.05, 4.69) is 53.5 Å². The van der Waals surface area contributed by atoms with Crippen LogP contribution in [0.2, 0.25) is 0 Å². The molecule has 3 heteroatoms. The van der Waals surface area contributed by atoms with Gasteiger partial charge in [0, 0.05) is 19.5 Å². The zero-order valence-electron chi connectivity index (χ0n) is 15.8. The van der Waals surface area contributed by atoms with Crippen molar-refractivity contribution < 1.29 is 4.79 Å². The van der Waals surface area contributed by atoms with Gasteiger partial charge in [-0.3, -0.25) is 9.69 Å². The molecule has 1 aliphatic heterocycles. The predicted molar refractivity (Wildman–Crippen MR) is 107 cm³/mol. The monoisotopic (exact) mass is 350 g/mol. The number of benzene rings is 2. The lowest BCUT2D eigenvalue weighted by atomic mass is 9.97. The summed E-state index contributed by atoms with van der Waals surface area (Å²) in [4.78, 5) is 14.7. The van der Waals surface area contributed by atoms with Crippen LogP contribution in [0.4, 0.5) is 0 Å². The summed E-state index contributed by atoms with van der Waals surface area (Å²) in [6, 6.07) is 18.9. The number of hydrogen-bond acceptors (Lipinski definition) is 2. The molecule has 1 amide bonds. The van der Waals surface area contributed by atoms with E-state index in [9.17, 15) is 4.79 Å². The Morgan fingerprint density at radius 2 is 1.62 bits per heavy atom. The normalized spacial score (nSPS) is 16.2. The molecule has 0 aromatic heterocycles. The third kappa shape index (κ3) is 5.70. The minimum absolute atomic E-state index is 0.110. The van der Waals surface area contributed by atoms with E-state index in [0.717, 1.165) is 12.1 Å². The highest BCUT2D eigenvalue weighted by atomic mass is 16.1. The predicted octanol–water partition coefficient (Wildman–Crippen LogP) is 4.48. The van der Waals surface area contributed by atoms with Crippen LogP contribution < -0.4 is 5.32 Å². The van der Waals surface area contributed by atoms with E-state index in [1.54, 1.807) is 0 Å². The molecule has 1 aliphatic rings. The van der Waals surface area contributed by atoms with Crippen LogP contribution in [-0.2, 0) is 17.9 Å². The third-order valence-electron chi connectivity index (χ3n) is 5.23. The fourth-order valence-corrected chi connectivity index (χ4v) is 3.59. The van der Waals surface area contributed by atoms with Crippen LogP contribution in [0, 0.1) is 0 Å². The summed E-state index contributed by atoms with van der Waals surface area (Å²) in [6.07, 6.45) is 4.55. The Hall–Kier alpha value is -2.13. The number of carbonyl (C=O) groups is 1. The van der Waals surface area contributed by atoms with Gasteiger partial charge in [-0.15, -0.1) is 0 Å². The lowest BCUT2D eigenvalue weighted by molar-refractivity contribution is -0.121. The minimum atomic E-state index is 0.110. The van der Waals surface area contributed by atoms with E-state index in [0.29, 0.717) is 13.0 Å². The lowest BCUT2D eigenvalue weighted by Gasteiger charge is -2.26. The number of rotatable bonds is 7. The molecule has 0 spiro atoms. The Kier molecular flexibility index (Phi) is 6.84. The van der Waals surface area contributed by atoms with Crippen LogP contribution in [0.15, 0.2) is 54.6 Å². The number of piperidine rings is 1. The van der Waals surface area contributed by atoms with E-state index in [-0.39, 0.29) is 11.8 Å². The van der Waals surface area contributed by atoms with E-state index >= 15 is 0 Å². The number of nitrogens with zero attached hydrogens (tertiary/aromatic N) is 1. The fraction of sp³-hybridized carbons (Fsp3) is 0.435. The van der Waals surface area contributed by atoms with Gasteiger partial charge in [-0.25, -0.2) is 0 Å². The molecular weight excluding hydrogens is 320 g/mol. The molecule has 3 rings (SSSR count). The number of carbonyl (C=O) groups excluding carboxylic acids is 1. The van der Waals surface area contributed by atoms with Crippen LogP contribution in [0.3, 0.4) is 0 Å². The largest absolute Gasteiger partial charge is 0.352 e. The maximum Gasteiger partial charge on any atom is 0.220 e. The van der Waals surface area contributed by atoms with Crippen molar-refractivity contribution in [2.24, 2.45) is 0 Å². The van der Waals surface area contributed by atoms with Gasteiger partial charge in [0.05, 0.1) is 0 Å². The van der Waals surface area contributed by atoms with Crippen molar-refractivity contribution in [1.82, 2.24) is 10.2 Å². The average Bonchev–Trinajstić information content (AvgIpc) is 2.69. The number of hydrogen-bond donors (Lipinski definition) is 1. The van der Waals surface area contributed by atoms with E-state index in [4.69, 9.17) is 0 Å². The molecule has 1 N–H and O–H groups in total. The van der Waals surface area contributed by atoms with Crippen molar-refractivity contribution in [3.63, 3.8) is 0 Å². The Labute approximate surface area is 157 Å². The highest BCUT2D eigenvalue weighted by Crippen LogP contribution is 2.18. The van der Waals surface area contributed by atoms with Gasteiger partial charge in [0.15, 0.2) is 0 Å². The average molecular weight is 351 g/mol. The summed E-state index contributed by atoms with van der Waals surface area (Å²) in [5.41, 5.74) is 3.73. The Bertz CT molecular complexity index is 675. The third-order valence-corrected chi connectivity index (χ3v) is 5.23. The van der Waals surface area contributed by atoms with Gasteiger partial charge in [0.1, 0.15) is 0 Å². The molecule has 0 saturated carbocycles. The number of amides is 1. The van der Waals surface area contributed by atoms with Gasteiger partial charge in [0.2, 0.25) is 5.91 Å². The van der Waals surface area contributed by atoms with E-state index in [1.807, 2.05) is 18.2 Å². The van der Waals surface area contributed by atoms with Gasteiger partial charge in [-0.2, -0.15) is 0 Å². The molecule has 1 heterocycles. The molecule has 2 aromatic rings. The Balaban J connectivity index is 1.43. The maximum atomic E-state index is 12.2. The van der Waals surface area contributed by atoms with Crippen molar-refractivity contribution in [3.8, 4) is 0 Å². The molecule has 1 fully saturated rings. The maximum absolute atomic E-state index is 12.2. The second-order valence-corrected chi connectivity index (χ2v) is 7.45. The van der Waals surface area contributed by atoms with E-state index in [1.165, 1.54) is 43.5 Å². The number of likely N-dealkylation sites (tertiary alicyclic amines) is 1. The minimum Gasteiger partial charge on any atom is -0.352 e. The van der Waals surface area contributed by atoms with Crippen LogP contribution in [-0.4, -0.2) is 23.9 Å². The molecule has 138 valence electrons. The zero-order valence-corrected chi connectivity index (χ0v) is 15.8. The molecule has 26 heavy (non-hydrogen) atoms. The lowest BCUT2D eigenvalue weighted by Crippen LogP contribution is -2.29. The molecule has 1 unspecified atom stereocenters. The standard InChI is InChI=1S/C23H30N2O/c1-19(22-8-4-2-5-9-22)16-23(26)24-17-20-10-12-21(13-11-20)18-25-14-6-3-7-15-25/h2,4-5,8-13,19H,3,6-7,14-18H2,1H3,(H,24,26). The SMILES string of the molecule is CC(CC(=O)NCc1ccc(CN2CCCCC2)cc1)c1ccccc1. The van der Waals surface area contributed by atoms with Crippen molar-refractivity contribution in [2.75, 3.05) is 13.1 Å². The molecule has 3 nitrogen and oxygen atoms in total. The molecular formula is C23H30N2O. The second-order valence-electron chi connectivity index (χ2n) is 7.45. The fourth-order valence-electron chi connectivity index (χ4n) is 3.59. The highest BCUT2D eigenvalue weighted by Gasteiger charge is 2.12. The summed E-state index contributed by atoms with van der Waals surface area (Å²) in [7, 11) is 0. The van der Waals surface area contributed by atoms with Gasteiger partial charge >= 0.3 is 0 Å². The zero-order chi connectivity index (χ0) is 18.2. The van der Waals surface area contributed by atoms with E-state index < -0.39 is 0 Å². The Morgan fingerprint density at radius 3 is 2.31 bits per heavy atom. The van der Waals surface area contributed by atoms with Crippen molar-refractivity contribution >= 4 is 5.91 Å². The van der Waals surface area contributed by atoms with Crippen LogP contribution in [0.25, 0.3) is 0 Å². The topological polar surface area (TPSA) is 32.3 Å². The van der Waals surface area contributed by atoms with Crippen LogP contribution in [0.1, 0.15) is 55.2 Å². The first-order chi connectivity index (χ1) is 12.7. The first-order valence-corrected chi connectivity index (χ1v) is 9.82. The van der Waals surface area contributed by atoms with Crippen LogP contribution in [0.5, 0.6) is 0 Å². The molecule has 0 bridgehead atoms. The molecule has 0 radical (unpaired) electrons. The van der Waals surface area contributed by atoms with Crippen LogP contribution >= 0.6 is 0 Å². The quantitative estimate of drug-likeness (QED) is 0.798. The summed E-state index contributed by atoms with van der Waals surface area (Å²) < 4.78 is 0. The van der Waals surface area contributed by atoms with Crippen molar-refractivity contribution in [2.45, 2.75) is 51.6 Å². The highest BCUT2D eigenvalue weighted by molar-refractivity contribution is 5.76. The van der Waals surface area contributed by atoms with Gasteiger partial charge in [-0.05, 0) is 48.5 Å². The summed E-state index contributed by atoms with van der Waals surface area (Å²) in [6.45, 7) is 6.19. The summed E-state index contributed by atoms with van der Waals surface area (Å²) in [5, 5.41) is 3.05. The number of nitrogens with one attached hydrogen (secondary N) is 1. The van der Waals surface area contributed by atoms with Crippen molar-refractivity contribution in [1.29, 1.82) is 0 Å².